The Balaban J connectivity index is 2.22. The van der Waals surface area contributed by atoms with E-state index in [1.165, 1.54) is 11.8 Å². The van der Waals surface area contributed by atoms with Gasteiger partial charge in [0, 0.05) is 18.5 Å². The fraction of sp³-hybridized carbons (Fsp3) is 0.353. The molecule has 1 aromatic heterocycles. The molecule has 0 fully saturated rings. The van der Waals surface area contributed by atoms with E-state index >= 15 is 0 Å². The molecule has 118 valence electrons. The zero-order chi connectivity index (χ0) is 16.0. The molecule has 4 nitrogen and oxygen atoms in total. The molecule has 0 bridgehead atoms. The summed E-state index contributed by atoms with van der Waals surface area (Å²) < 4.78 is 23.7. The van der Waals surface area contributed by atoms with E-state index in [9.17, 15) is 8.42 Å². The first kappa shape index (κ1) is 16.5. The van der Waals surface area contributed by atoms with Gasteiger partial charge in [-0.05, 0) is 30.5 Å². The van der Waals surface area contributed by atoms with Crippen molar-refractivity contribution < 1.29 is 8.42 Å². The van der Waals surface area contributed by atoms with Crippen molar-refractivity contribution in [3.8, 4) is 0 Å². The van der Waals surface area contributed by atoms with Crippen LogP contribution in [0, 0.1) is 0 Å². The lowest BCUT2D eigenvalue weighted by molar-refractivity contribution is 0.600. The minimum atomic E-state index is -3.29. The summed E-state index contributed by atoms with van der Waals surface area (Å²) in [6.45, 7) is 2.12. The van der Waals surface area contributed by atoms with Crippen molar-refractivity contribution in [1.82, 2.24) is 4.98 Å². The largest absolute Gasteiger partial charge is 0.366 e. The molecule has 2 rings (SSSR count). The lowest BCUT2D eigenvalue weighted by Gasteiger charge is -2.20. The number of anilines is 1. The van der Waals surface area contributed by atoms with E-state index in [1.54, 1.807) is 18.3 Å². The van der Waals surface area contributed by atoms with E-state index in [0.717, 1.165) is 19.3 Å². The number of hydrogen-bond donors (Lipinski definition) is 1. The van der Waals surface area contributed by atoms with Gasteiger partial charge in [0.15, 0.2) is 9.84 Å². The zero-order valence-electron chi connectivity index (χ0n) is 13.0. The van der Waals surface area contributed by atoms with Crippen LogP contribution in [0.15, 0.2) is 53.6 Å². The van der Waals surface area contributed by atoms with E-state index in [-0.39, 0.29) is 10.9 Å². The summed E-state index contributed by atoms with van der Waals surface area (Å²) >= 11 is 0. The number of hydrogen-bond acceptors (Lipinski definition) is 4. The van der Waals surface area contributed by atoms with Gasteiger partial charge < -0.3 is 5.32 Å². The predicted octanol–water partition coefficient (Wildman–Crippen LogP) is 3.31. The molecule has 1 N–H and O–H groups in total. The molecular weight excluding hydrogens is 296 g/mol. The summed E-state index contributed by atoms with van der Waals surface area (Å²) in [5, 5.41) is 3.31. The van der Waals surface area contributed by atoms with Crippen molar-refractivity contribution in [1.29, 1.82) is 0 Å². The highest BCUT2D eigenvalue weighted by Crippen LogP contribution is 2.20. The molecule has 22 heavy (non-hydrogen) atoms. The average molecular weight is 318 g/mol. The molecule has 1 aromatic carbocycles. The molecule has 1 unspecified atom stereocenters. The number of nitrogens with one attached hydrogen (secondary N) is 1. The SMILES string of the molecule is CCCC(Cc1ccccc1)Nc1ncccc1S(C)(=O)=O. The molecule has 0 saturated carbocycles. The Bertz CT molecular complexity index is 700. The molecule has 0 radical (unpaired) electrons. The van der Waals surface area contributed by atoms with Gasteiger partial charge in [0.2, 0.25) is 0 Å². The summed E-state index contributed by atoms with van der Waals surface area (Å²) in [4.78, 5) is 4.47. The number of pyridine rings is 1. The second-order valence-electron chi connectivity index (χ2n) is 5.44. The smallest absolute Gasteiger partial charge is 0.179 e. The molecule has 0 aliphatic heterocycles. The van der Waals surface area contributed by atoms with Gasteiger partial charge in [-0.1, -0.05) is 43.7 Å². The summed E-state index contributed by atoms with van der Waals surface area (Å²) in [6, 6.07) is 13.6. The van der Waals surface area contributed by atoms with Crippen LogP contribution in [0.2, 0.25) is 0 Å². The second kappa shape index (κ2) is 7.40. The lowest BCUT2D eigenvalue weighted by atomic mass is 10.0. The number of aromatic nitrogens is 1. The van der Waals surface area contributed by atoms with Crippen LogP contribution < -0.4 is 5.32 Å². The second-order valence-corrected chi connectivity index (χ2v) is 7.43. The molecule has 0 spiro atoms. The van der Waals surface area contributed by atoms with Gasteiger partial charge in [-0.2, -0.15) is 0 Å². The summed E-state index contributed by atoms with van der Waals surface area (Å²) in [5.41, 5.74) is 1.23. The highest BCUT2D eigenvalue weighted by Gasteiger charge is 2.17. The van der Waals surface area contributed by atoms with Crippen molar-refractivity contribution in [2.45, 2.75) is 37.1 Å². The number of benzene rings is 1. The third-order valence-electron chi connectivity index (χ3n) is 3.47. The maximum absolute atomic E-state index is 11.9. The van der Waals surface area contributed by atoms with Crippen LogP contribution in [-0.4, -0.2) is 25.7 Å². The van der Waals surface area contributed by atoms with E-state index in [4.69, 9.17) is 0 Å². The third kappa shape index (κ3) is 4.56. The maximum Gasteiger partial charge on any atom is 0.179 e. The predicted molar refractivity (Wildman–Crippen MR) is 89.8 cm³/mol. The Labute approximate surface area is 132 Å². The fourth-order valence-electron chi connectivity index (χ4n) is 2.46. The van der Waals surface area contributed by atoms with Crippen LogP contribution in [0.4, 0.5) is 5.82 Å². The number of rotatable bonds is 7. The lowest BCUT2D eigenvalue weighted by Crippen LogP contribution is -2.24. The van der Waals surface area contributed by atoms with Crippen molar-refractivity contribution in [3.05, 3.63) is 54.2 Å². The molecule has 0 amide bonds. The van der Waals surface area contributed by atoms with Crippen LogP contribution in [-0.2, 0) is 16.3 Å². The Kier molecular flexibility index (Phi) is 5.55. The van der Waals surface area contributed by atoms with Crippen molar-refractivity contribution in [2.24, 2.45) is 0 Å². The fourth-order valence-corrected chi connectivity index (χ4v) is 3.25. The zero-order valence-corrected chi connectivity index (χ0v) is 13.8. The molecule has 5 heteroatoms. The Morgan fingerprint density at radius 1 is 1.14 bits per heavy atom. The van der Waals surface area contributed by atoms with Crippen LogP contribution in [0.25, 0.3) is 0 Å². The summed E-state index contributed by atoms with van der Waals surface area (Å²) in [7, 11) is -3.29. The molecule has 1 atom stereocenters. The van der Waals surface area contributed by atoms with Gasteiger partial charge in [0.05, 0.1) is 0 Å². The first-order valence-electron chi connectivity index (χ1n) is 7.46. The van der Waals surface area contributed by atoms with E-state index in [0.29, 0.717) is 5.82 Å². The topological polar surface area (TPSA) is 59.1 Å². The number of nitrogens with zero attached hydrogens (tertiary/aromatic N) is 1. The molecule has 0 aliphatic carbocycles. The van der Waals surface area contributed by atoms with Crippen molar-refractivity contribution >= 4 is 15.7 Å². The molecule has 0 saturated heterocycles. The van der Waals surface area contributed by atoms with Crippen LogP contribution in [0.1, 0.15) is 25.3 Å². The highest BCUT2D eigenvalue weighted by molar-refractivity contribution is 7.90. The highest BCUT2D eigenvalue weighted by atomic mass is 32.2. The standard InChI is InChI=1S/C17H22N2O2S/c1-3-8-15(13-14-9-5-4-6-10-14)19-17-16(22(2,20)21)11-7-12-18-17/h4-7,9-12,15H,3,8,13H2,1-2H3,(H,18,19). The van der Waals surface area contributed by atoms with Gasteiger partial charge in [-0.15, -0.1) is 0 Å². The number of sulfone groups is 1. The average Bonchev–Trinajstić information content (AvgIpc) is 2.48. The minimum absolute atomic E-state index is 0.155. The quantitative estimate of drug-likeness (QED) is 0.851. The van der Waals surface area contributed by atoms with Gasteiger partial charge in [-0.25, -0.2) is 13.4 Å². The summed E-state index contributed by atoms with van der Waals surface area (Å²) in [6.07, 6.45) is 5.64. The van der Waals surface area contributed by atoms with E-state index in [1.807, 2.05) is 18.2 Å². The van der Waals surface area contributed by atoms with Gasteiger partial charge in [0.1, 0.15) is 10.7 Å². The van der Waals surface area contributed by atoms with Gasteiger partial charge >= 0.3 is 0 Å². The Morgan fingerprint density at radius 2 is 1.86 bits per heavy atom. The van der Waals surface area contributed by atoms with Gasteiger partial charge in [-0.3, -0.25) is 0 Å². The normalized spacial score (nSPS) is 12.8. The van der Waals surface area contributed by atoms with E-state index in [2.05, 4.69) is 29.4 Å². The first-order valence-corrected chi connectivity index (χ1v) is 9.35. The van der Waals surface area contributed by atoms with E-state index < -0.39 is 9.84 Å². The van der Waals surface area contributed by atoms with Crippen LogP contribution in [0.5, 0.6) is 0 Å². The first-order chi connectivity index (χ1) is 10.5. The minimum Gasteiger partial charge on any atom is -0.366 e. The molecule has 2 aromatic rings. The van der Waals surface area contributed by atoms with Crippen LogP contribution >= 0.6 is 0 Å². The van der Waals surface area contributed by atoms with Gasteiger partial charge in [0.25, 0.3) is 0 Å². The van der Waals surface area contributed by atoms with Crippen molar-refractivity contribution in [3.63, 3.8) is 0 Å². The monoisotopic (exact) mass is 318 g/mol. The third-order valence-corrected chi connectivity index (χ3v) is 4.60. The van der Waals surface area contributed by atoms with Crippen molar-refractivity contribution in [2.75, 3.05) is 11.6 Å². The summed E-state index contributed by atoms with van der Waals surface area (Å²) in [5.74, 6) is 0.444. The molecular formula is C17H22N2O2S. The van der Waals surface area contributed by atoms with Crippen LogP contribution in [0.3, 0.4) is 0 Å². The maximum atomic E-state index is 11.9. The Hall–Kier alpha value is -1.88. The molecule has 0 aliphatic rings. The molecule has 1 heterocycles. The Morgan fingerprint density at radius 3 is 2.50 bits per heavy atom.